The molecule has 8 heteroatoms. The number of thiazole rings is 1. The first-order valence-electron chi connectivity index (χ1n) is 9.10. The largest absolute Gasteiger partial charge is 0.331 e. The van der Waals surface area contributed by atoms with Crippen LogP contribution < -0.4 is 5.32 Å². The van der Waals surface area contributed by atoms with Crippen molar-refractivity contribution in [3.8, 4) is 11.3 Å². The van der Waals surface area contributed by atoms with Gasteiger partial charge in [-0.25, -0.2) is 14.8 Å². The predicted molar refractivity (Wildman–Crippen MR) is 104 cm³/mol. The molecule has 1 atom stereocenters. The number of nitrogens with one attached hydrogen (secondary N) is 2. The summed E-state index contributed by atoms with van der Waals surface area (Å²) in [7, 11) is 0. The second-order valence-corrected chi connectivity index (χ2v) is 7.66. The van der Waals surface area contributed by atoms with Crippen molar-refractivity contribution in [3.63, 3.8) is 0 Å². The molecule has 3 aromatic rings. The Morgan fingerprint density at radius 2 is 2.19 bits per heavy atom. The maximum atomic E-state index is 12.6. The molecule has 7 nitrogen and oxygen atoms in total. The van der Waals surface area contributed by atoms with Crippen LogP contribution in [0.5, 0.6) is 0 Å². The lowest BCUT2D eigenvalue weighted by Crippen LogP contribution is -2.44. The van der Waals surface area contributed by atoms with Crippen LogP contribution in [0.15, 0.2) is 35.7 Å². The Balaban J connectivity index is 1.33. The third-order valence-corrected chi connectivity index (χ3v) is 5.55. The molecule has 0 spiro atoms. The van der Waals surface area contributed by atoms with Crippen LogP contribution in [0.25, 0.3) is 11.3 Å². The van der Waals surface area contributed by atoms with Gasteiger partial charge in [0.2, 0.25) is 0 Å². The number of piperidine rings is 1. The van der Waals surface area contributed by atoms with Crippen LogP contribution in [0.4, 0.5) is 4.79 Å². The molecule has 4 rings (SSSR count). The average molecular weight is 382 g/mol. The van der Waals surface area contributed by atoms with Crippen molar-refractivity contribution in [2.75, 3.05) is 13.1 Å². The SMILES string of the molecule is Cc1nc([C@H]2CCCN(C(=O)NCc3nc(-c4ccccc4)cs3)C2)n[nH]1. The molecule has 1 saturated heterocycles. The molecule has 0 radical (unpaired) electrons. The first-order chi connectivity index (χ1) is 13.2. The molecular formula is C19H22N6OS. The first kappa shape index (κ1) is 17.7. The topological polar surface area (TPSA) is 86.8 Å². The van der Waals surface area contributed by atoms with Gasteiger partial charge in [-0.1, -0.05) is 30.3 Å². The van der Waals surface area contributed by atoms with Crippen molar-refractivity contribution in [2.24, 2.45) is 0 Å². The molecule has 2 aromatic heterocycles. The lowest BCUT2D eigenvalue weighted by molar-refractivity contribution is 0.178. The molecule has 0 aliphatic carbocycles. The number of aryl methyl sites for hydroxylation is 1. The molecule has 1 aliphatic heterocycles. The van der Waals surface area contributed by atoms with Crippen molar-refractivity contribution >= 4 is 17.4 Å². The number of hydrogen-bond acceptors (Lipinski definition) is 5. The monoisotopic (exact) mass is 382 g/mol. The number of nitrogens with zero attached hydrogens (tertiary/aromatic N) is 4. The van der Waals surface area contributed by atoms with E-state index in [0.717, 1.165) is 47.3 Å². The van der Waals surface area contributed by atoms with Gasteiger partial charge in [0.1, 0.15) is 10.8 Å². The second kappa shape index (κ2) is 7.87. The van der Waals surface area contributed by atoms with Crippen molar-refractivity contribution in [1.29, 1.82) is 0 Å². The summed E-state index contributed by atoms with van der Waals surface area (Å²) in [6.45, 7) is 3.74. The molecule has 0 bridgehead atoms. The Morgan fingerprint density at radius 3 is 2.96 bits per heavy atom. The third-order valence-electron chi connectivity index (χ3n) is 4.70. The lowest BCUT2D eigenvalue weighted by atomic mass is 9.98. The zero-order chi connectivity index (χ0) is 18.6. The molecular weight excluding hydrogens is 360 g/mol. The summed E-state index contributed by atoms with van der Waals surface area (Å²) in [6, 6.07) is 10.0. The molecule has 0 saturated carbocycles. The van der Waals surface area contributed by atoms with Gasteiger partial charge >= 0.3 is 6.03 Å². The van der Waals surface area contributed by atoms with Gasteiger partial charge in [0, 0.05) is 30.0 Å². The van der Waals surface area contributed by atoms with Crippen LogP contribution in [0.3, 0.4) is 0 Å². The Hall–Kier alpha value is -2.74. The van der Waals surface area contributed by atoms with Gasteiger partial charge < -0.3 is 10.2 Å². The molecule has 1 aromatic carbocycles. The number of benzene rings is 1. The fourth-order valence-corrected chi connectivity index (χ4v) is 4.05. The molecule has 140 valence electrons. The number of aromatic amines is 1. The van der Waals surface area contributed by atoms with E-state index >= 15 is 0 Å². The molecule has 2 amide bonds. The van der Waals surface area contributed by atoms with Crippen LogP contribution in [0.1, 0.15) is 35.4 Å². The Morgan fingerprint density at radius 1 is 1.33 bits per heavy atom. The van der Waals surface area contributed by atoms with Gasteiger partial charge in [-0.2, -0.15) is 5.10 Å². The van der Waals surface area contributed by atoms with E-state index in [1.807, 2.05) is 47.5 Å². The summed E-state index contributed by atoms with van der Waals surface area (Å²) in [4.78, 5) is 23.5. The van der Waals surface area contributed by atoms with Gasteiger partial charge in [-0.3, -0.25) is 5.10 Å². The third kappa shape index (κ3) is 4.16. The normalized spacial score (nSPS) is 17.1. The van der Waals surface area contributed by atoms with E-state index in [0.29, 0.717) is 13.1 Å². The quantitative estimate of drug-likeness (QED) is 0.725. The van der Waals surface area contributed by atoms with Crippen molar-refractivity contribution in [1.82, 2.24) is 30.4 Å². The molecule has 3 heterocycles. The van der Waals surface area contributed by atoms with Crippen LogP contribution in [0, 0.1) is 6.92 Å². The summed E-state index contributed by atoms with van der Waals surface area (Å²) in [5.74, 6) is 1.81. The minimum Gasteiger partial charge on any atom is -0.331 e. The van der Waals surface area contributed by atoms with E-state index in [-0.39, 0.29) is 11.9 Å². The Labute approximate surface area is 161 Å². The summed E-state index contributed by atoms with van der Waals surface area (Å²) in [6.07, 6.45) is 1.97. The molecule has 0 unspecified atom stereocenters. The summed E-state index contributed by atoms with van der Waals surface area (Å²) in [5, 5.41) is 13.1. The summed E-state index contributed by atoms with van der Waals surface area (Å²) < 4.78 is 0. The highest BCUT2D eigenvalue weighted by Crippen LogP contribution is 2.25. The highest BCUT2D eigenvalue weighted by atomic mass is 32.1. The number of likely N-dealkylation sites (tertiary alicyclic amines) is 1. The van der Waals surface area contributed by atoms with Crippen molar-refractivity contribution in [2.45, 2.75) is 32.2 Å². The number of urea groups is 1. The standard InChI is InChI=1S/C19H22N6OS/c1-13-21-18(24-23-13)15-8-5-9-25(11-15)19(26)20-10-17-22-16(12-27-17)14-6-3-2-4-7-14/h2-4,6-7,12,15H,5,8-11H2,1H3,(H,20,26)(H,21,23,24)/t15-/m0/s1. The number of H-pyrrole nitrogens is 1. The highest BCUT2D eigenvalue weighted by Gasteiger charge is 2.27. The highest BCUT2D eigenvalue weighted by molar-refractivity contribution is 7.09. The second-order valence-electron chi connectivity index (χ2n) is 6.72. The lowest BCUT2D eigenvalue weighted by Gasteiger charge is -2.31. The molecule has 1 aliphatic rings. The van der Waals surface area contributed by atoms with E-state index in [9.17, 15) is 4.79 Å². The van der Waals surface area contributed by atoms with Crippen molar-refractivity contribution in [3.05, 3.63) is 52.4 Å². The van der Waals surface area contributed by atoms with E-state index in [1.165, 1.54) is 0 Å². The van der Waals surface area contributed by atoms with E-state index in [2.05, 4.69) is 25.5 Å². The number of rotatable bonds is 4. The van der Waals surface area contributed by atoms with Gasteiger partial charge in [0.15, 0.2) is 5.82 Å². The number of carbonyl (C=O) groups excluding carboxylic acids is 1. The van der Waals surface area contributed by atoms with Gasteiger partial charge in [-0.15, -0.1) is 11.3 Å². The fourth-order valence-electron chi connectivity index (χ4n) is 3.31. The van der Waals surface area contributed by atoms with Gasteiger partial charge in [-0.05, 0) is 19.8 Å². The molecule has 1 fully saturated rings. The smallest absolute Gasteiger partial charge is 0.317 e. The zero-order valence-electron chi connectivity index (χ0n) is 15.2. The molecule has 27 heavy (non-hydrogen) atoms. The predicted octanol–water partition coefficient (Wildman–Crippen LogP) is 3.33. The van der Waals surface area contributed by atoms with Crippen LogP contribution >= 0.6 is 11.3 Å². The maximum Gasteiger partial charge on any atom is 0.317 e. The first-order valence-corrected chi connectivity index (χ1v) is 9.98. The minimum atomic E-state index is -0.0524. The average Bonchev–Trinajstić information content (AvgIpc) is 3.36. The summed E-state index contributed by atoms with van der Waals surface area (Å²) in [5.41, 5.74) is 2.04. The number of hydrogen-bond donors (Lipinski definition) is 2. The zero-order valence-corrected chi connectivity index (χ0v) is 16.0. The number of amides is 2. The summed E-state index contributed by atoms with van der Waals surface area (Å²) >= 11 is 1.56. The Kier molecular flexibility index (Phi) is 5.15. The van der Waals surface area contributed by atoms with Crippen LogP contribution in [0.2, 0.25) is 0 Å². The van der Waals surface area contributed by atoms with Crippen LogP contribution in [-0.4, -0.2) is 44.2 Å². The van der Waals surface area contributed by atoms with Gasteiger partial charge in [0.25, 0.3) is 0 Å². The van der Waals surface area contributed by atoms with E-state index < -0.39 is 0 Å². The van der Waals surface area contributed by atoms with Gasteiger partial charge in [0.05, 0.1) is 12.2 Å². The van der Waals surface area contributed by atoms with E-state index in [4.69, 9.17) is 0 Å². The molecule has 2 N–H and O–H groups in total. The fraction of sp³-hybridized carbons (Fsp3) is 0.368. The maximum absolute atomic E-state index is 12.6. The number of carbonyl (C=O) groups is 1. The van der Waals surface area contributed by atoms with Crippen molar-refractivity contribution < 1.29 is 4.79 Å². The minimum absolute atomic E-state index is 0.0524. The van der Waals surface area contributed by atoms with E-state index in [1.54, 1.807) is 11.3 Å². The number of aromatic nitrogens is 4. The van der Waals surface area contributed by atoms with Crippen LogP contribution in [-0.2, 0) is 6.54 Å². The Bertz CT molecular complexity index is 906.